The summed E-state index contributed by atoms with van der Waals surface area (Å²) in [7, 11) is 1.41. The highest BCUT2D eigenvalue weighted by molar-refractivity contribution is 5.89. The molecule has 2 atom stereocenters. The summed E-state index contributed by atoms with van der Waals surface area (Å²) < 4.78 is 10.0. The summed E-state index contributed by atoms with van der Waals surface area (Å²) >= 11 is 0. The maximum absolute atomic E-state index is 11.6. The van der Waals surface area contributed by atoms with Crippen LogP contribution < -0.4 is 0 Å². The molecule has 0 N–H and O–H groups in total. The Bertz CT molecular complexity index is 986. The minimum Gasteiger partial charge on any atom is -0.472 e. The van der Waals surface area contributed by atoms with Crippen LogP contribution in [0.4, 0.5) is 0 Å². The standard InChI is InChI=1S/C26H30N2O3/c1-19-14-27(16-21-7-9-23(10-8-21)26(29)30-3)15-20(2)28(19)17-22-5-4-6-24(13-22)25-11-12-31-18-25/h4-13,18-20H,14-17H2,1-3H3/t19-,20+. The van der Waals surface area contributed by atoms with Gasteiger partial charge in [-0.25, -0.2) is 4.79 Å². The molecule has 4 rings (SSSR count). The van der Waals surface area contributed by atoms with E-state index in [-0.39, 0.29) is 5.97 Å². The van der Waals surface area contributed by atoms with E-state index in [1.165, 1.54) is 23.8 Å². The maximum atomic E-state index is 11.6. The first kappa shape index (κ1) is 21.3. The lowest BCUT2D eigenvalue weighted by Crippen LogP contribution is -2.55. The van der Waals surface area contributed by atoms with Crippen LogP contribution in [-0.2, 0) is 17.8 Å². The van der Waals surface area contributed by atoms with E-state index in [2.05, 4.69) is 47.9 Å². The Balaban J connectivity index is 1.38. The summed E-state index contributed by atoms with van der Waals surface area (Å²) in [5.41, 5.74) is 5.44. The fourth-order valence-corrected chi connectivity index (χ4v) is 4.52. The van der Waals surface area contributed by atoms with Crippen molar-refractivity contribution >= 4 is 5.97 Å². The molecule has 0 saturated carbocycles. The van der Waals surface area contributed by atoms with E-state index in [0.29, 0.717) is 17.6 Å². The molecule has 1 aromatic heterocycles. The molecule has 0 unspecified atom stereocenters. The van der Waals surface area contributed by atoms with Gasteiger partial charge in [-0.2, -0.15) is 0 Å². The van der Waals surface area contributed by atoms with E-state index in [4.69, 9.17) is 9.15 Å². The second-order valence-corrected chi connectivity index (χ2v) is 8.47. The van der Waals surface area contributed by atoms with Gasteiger partial charge < -0.3 is 9.15 Å². The van der Waals surface area contributed by atoms with Gasteiger partial charge in [0.05, 0.1) is 25.2 Å². The van der Waals surface area contributed by atoms with Crippen molar-refractivity contribution in [3.05, 3.63) is 83.8 Å². The number of furan rings is 1. The molecule has 1 fully saturated rings. The zero-order valence-electron chi connectivity index (χ0n) is 18.5. The third-order valence-corrected chi connectivity index (χ3v) is 6.11. The van der Waals surface area contributed by atoms with Crippen LogP contribution in [0.5, 0.6) is 0 Å². The summed E-state index contributed by atoms with van der Waals surface area (Å²) in [5, 5.41) is 0. The van der Waals surface area contributed by atoms with Crippen LogP contribution in [0.2, 0.25) is 0 Å². The smallest absolute Gasteiger partial charge is 0.337 e. The van der Waals surface area contributed by atoms with Crippen molar-refractivity contribution in [2.45, 2.75) is 39.0 Å². The Morgan fingerprint density at radius 1 is 0.968 bits per heavy atom. The molecule has 1 aliphatic rings. The van der Waals surface area contributed by atoms with E-state index in [1.54, 1.807) is 12.5 Å². The van der Waals surface area contributed by atoms with Crippen molar-refractivity contribution in [1.82, 2.24) is 9.80 Å². The fourth-order valence-electron chi connectivity index (χ4n) is 4.52. The van der Waals surface area contributed by atoms with Crippen LogP contribution in [0.25, 0.3) is 11.1 Å². The molecule has 0 spiro atoms. The molecule has 0 aliphatic carbocycles. The molecule has 1 aliphatic heterocycles. The highest BCUT2D eigenvalue weighted by atomic mass is 16.5. The van der Waals surface area contributed by atoms with Crippen molar-refractivity contribution in [2.75, 3.05) is 20.2 Å². The summed E-state index contributed by atoms with van der Waals surface area (Å²) in [5.74, 6) is -0.292. The summed E-state index contributed by atoms with van der Waals surface area (Å²) in [6.07, 6.45) is 3.51. The molecule has 0 radical (unpaired) electrons. The lowest BCUT2D eigenvalue weighted by molar-refractivity contribution is 0.0290. The number of methoxy groups -OCH3 is 1. The highest BCUT2D eigenvalue weighted by Gasteiger charge is 2.29. The Labute approximate surface area is 184 Å². The first-order valence-corrected chi connectivity index (χ1v) is 10.8. The predicted molar refractivity (Wildman–Crippen MR) is 122 cm³/mol. The van der Waals surface area contributed by atoms with Gasteiger partial charge in [-0.3, -0.25) is 9.80 Å². The van der Waals surface area contributed by atoms with Crippen LogP contribution in [0, 0.1) is 0 Å². The number of carbonyl (C=O) groups excluding carboxylic acids is 1. The number of esters is 1. The largest absolute Gasteiger partial charge is 0.472 e. The monoisotopic (exact) mass is 418 g/mol. The van der Waals surface area contributed by atoms with Crippen LogP contribution in [0.3, 0.4) is 0 Å². The molecule has 31 heavy (non-hydrogen) atoms. The van der Waals surface area contributed by atoms with E-state index >= 15 is 0 Å². The normalized spacial score (nSPS) is 20.0. The Morgan fingerprint density at radius 3 is 2.35 bits per heavy atom. The number of nitrogens with zero attached hydrogens (tertiary/aromatic N) is 2. The van der Waals surface area contributed by atoms with Gasteiger partial charge in [0, 0.05) is 43.8 Å². The van der Waals surface area contributed by atoms with Crippen molar-refractivity contribution in [1.29, 1.82) is 0 Å². The number of carbonyl (C=O) groups is 1. The van der Waals surface area contributed by atoms with Crippen LogP contribution in [0.15, 0.2) is 71.5 Å². The van der Waals surface area contributed by atoms with Gasteiger partial charge in [0.2, 0.25) is 0 Å². The number of hydrogen-bond donors (Lipinski definition) is 0. The number of piperazine rings is 1. The van der Waals surface area contributed by atoms with E-state index in [1.807, 2.05) is 30.3 Å². The van der Waals surface area contributed by atoms with Gasteiger partial charge in [0.1, 0.15) is 0 Å². The van der Waals surface area contributed by atoms with Crippen molar-refractivity contribution < 1.29 is 13.9 Å². The topological polar surface area (TPSA) is 45.9 Å². The molecule has 2 heterocycles. The quantitative estimate of drug-likeness (QED) is 0.537. The zero-order chi connectivity index (χ0) is 21.8. The van der Waals surface area contributed by atoms with Crippen LogP contribution >= 0.6 is 0 Å². The molecule has 0 bridgehead atoms. The molecule has 5 heteroatoms. The highest BCUT2D eigenvalue weighted by Crippen LogP contribution is 2.24. The average Bonchev–Trinajstić information content (AvgIpc) is 3.32. The summed E-state index contributed by atoms with van der Waals surface area (Å²) in [4.78, 5) is 16.7. The fraction of sp³-hybridized carbons (Fsp3) is 0.346. The first-order valence-electron chi connectivity index (χ1n) is 10.8. The van der Waals surface area contributed by atoms with Crippen molar-refractivity contribution in [2.24, 2.45) is 0 Å². The minimum atomic E-state index is -0.292. The van der Waals surface area contributed by atoms with Gasteiger partial charge in [0.25, 0.3) is 0 Å². The summed E-state index contributed by atoms with van der Waals surface area (Å²) in [6, 6.07) is 19.4. The molecular weight excluding hydrogens is 388 g/mol. The van der Waals surface area contributed by atoms with Crippen molar-refractivity contribution in [3.63, 3.8) is 0 Å². The second-order valence-electron chi connectivity index (χ2n) is 8.47. The molecule has 162 valence electrons. The minimum absolute atomic E-state index is 0.292. The first-order chi connectivity index (χ1) is 15.0. The van der Waals surface area contributed by atoms with Gasteiger partial charge in [0.15, 0.2) is 0 Å². The molecule has 5 nitrogen and oxygen atoms in total. The van der Waals surface area contributed by atoms with Crippen molar-refractivity contribution in [3.8, 4) is 11.1 Å². The van der Waals surface area contributed by atoms with Crippen LogP contribution in [0.1, 0.15) is 35.3 Å². The number of hydrogen-bond acceptors (Lipinski definition) is 5. The SMILES string of the molecule is COC(=O)c1ccc(CN2C[C@@H](C)N(Cc3cccc(-c4ccoc4)c3)[C@@H](C)C2)cc1. The lowest BCUT2D eigenvalue weighted by atomic mass is 10.0. The van der Waals surface area contributed by atoms with Gasteiger partial charge in [-0.1, -0.05) is 30.3 Å². The molecular formula is C26H30N2O3. The third kappa shape index (κ3) is 5.06. The Kier molecular flexibility index (Phi) is 6.54. The van der Waals surface area contributed by atoms with E-state index in [9.17, 15) is 4.79 Å². The number of benzene rings is 2. The molecule has 1 saturated heterocycles. The number of ether oxygens (including phenoxy) is 1. The van der Waals surface area contributed by atoms with Gasteiger partial charge >= 0.3 is 5.97 Å². The average molecular weight is 419 g/mol. The molecule has 3 aromatic rings. The van der Waals surface area contributed by atoms with Crippen LogP contribution in [-0.4, -0.2) is 48.1 Å². The predicted octanol–water partition coefficient (Wildman–Crippen LogP) is 4.83. The second kappa shape index (κ2) is 9.50. The zero-order valence-corrected chi connectivity index (χ0v) is 18.5. The Morgan fingerprint density at radius 2 is 1.71 bits per heavy atom. The third-order valence-electron chi connectivity index (χ3n) is 6.11. The van der Waals surface area contributed by atoms with E-state index in [0.717, 1.165) is 31.7 Å². The maximum Gasteiger partial charge on any atom is 0.337 e. The molecule has 2 aromatic carbocycles. The molecule has 0 amide bonds. The lowest BCUT2D eigenvalue weighted by Gasteiger charge is -2.44. The Hall–Kier alpha value is -2.89. The van der Waals surface area contributed by atoms with Gasteiger partial charge in [-0.05, 0) is 54.8 Å². The van der Waals surface area contributed by atoms with E-state index < -0.39 is 0 Å². The summed E-state index contributed by atoms with van der Waals surface area (Å²) in [6.45, 7) is 8.48. The number of rotatable bonds is 6. The van der Waals surface area contributed by atoms with Gasteiger partial charge in [-0.15, -0.1) is 0 Å².